The van der Waals surface area contributed by atoms with E-state index in [0.717, 1.165) is 5.56 Å². The summed E-state index contributed by atoms with van der Waals surface area (Å²) in [5, 5.41) is 10.3. The average Bonchev–Trinajstić information content (AvgIpc) is 2.99. The fraction of sp³-hybridized carbons (Fsp3) is 0.381. The van der Waals surface area contributed by atoms with Gasteiger partial charge in [0.05, 0.1) is 24.6 Å². The zero-order valence-corrected chi connectivity index (χ0v) is 17.6. The van der Waals surface area contributed by atoms with Crippen LogP contribution >= 0.6 is 11.3 Å². The van der Waals surface area contributed by atoms with Crippen LogP contribution in [0.2, 0.25) is 0 Å². The minimum Gasteiger partial charge on any atom is -0.462 e. The van der Waals surface area contributed by atoms with Crippen LogP contribution in [0.4, 0.5) is 0 Å². The lowest BCUT2D eigenvalue weighted by molar-refractivity contribution is 0.0531. The Morgan fingerprint density at radius 1 is 1.31 bits per heavy atom. The number of carbonyl (C=O) groups excluding carboxylic acids is 1. The van der Waals surface area contributed by atoms with Crippen molar-refractivity contribution in [3.63, 3.8) is 0 Å². The zero-order chi connectivity index (χ0) is 21.0. The van der Waals surface area contributed by atoms with E-state index in [4.69, 9.17) is 4.74 Å². The van der Waals surface area contributed by atoms with E-state index in [9.17, 15) is 14.7 Å². The predicted octanol–water partition coefficient (Wildman–Crippen LogP) is 2.85. The molecule has 2 heterocycles. The first-order valence-corrected chi connectivity index (χ1v) is 10.3. The molecule has 0 saturated carbocycles. The maximum absolute atomic E-state index is 12.7. The minimum absolute atomic E-state index is 0.272. The van der Waals surface area contributed by atoms with E-state index in [1.165, 1.54) is 11.3 Å². The number of aryl methyl sites for hydroxylation is 1. The number of aliphatic hydroxyl groups excluding tert-OH is 1. The average molecular weight is 416 g/mol. The molecule has 0 unspecified atom stereocenters. The third-order valence-corrected chi connectivity index (χ3v) is 5.62. The van der Waals surface area contributed by atoms with Crippen molar-refractivity contribution in [1.82, 2.24) is 14.9 Å². The van der Waals surface area contributed by atoms with Crippen molar-refractivity contribution in [3.05, 3.63) is 62.5 Å². The van der Waals surface area contributed by atoms with E-state index >= 15 is 0 Å². The normalized spacial score (nSPS) is 12.4. The fourth-order valence-corrected chi connectivity index (χ4v) is 4.36. The second kappa shape index (κ2) is 9.30. The Hall–Kier alpha value is -2.55. The Morgan fingerprint density at radius 2 is 2.03 bits per heavy atom. The van der Waals surface area contributed by atoms with E-state index in [2.05, 4.69) is 9.97 Å². The molecule has 3 rings (SSSR count). The van der Waals surface area contributed by atoms with Crippen molar-refractivity contribution in [2.24, 2.45) is 0 Å². The molecule has 8 heteroatoms. The fourth-order valence-electron chi connectivity index (χ4n) is 3.27. The van der Waals surface area contributed by atoms with E-state index in [0.29, 0.717) is 46.1 Å². The molecule has 0 amide bonds. The number of fused-ring (bicyclic) bond motifs is 1. The number of hydrogen-bond acceptors (Lipinski definition) is 7. The number of aliphatic hydroxyl groups is 1. The zero-order valence-electron chi connectivity index (χ0n) is 16.8. The smallest absolute Gasteiger partial charge is 0.348 e. The number of carbonyl (C=O) groups is 1. The molecule has 0 radical (unpaired) electrons. The second-order valence-corrected chi connectivity index (χ2v) is 7.97. The van der Waals surface area contributed by atoms with Gasteiger partial charge in [0.25, 0.3) is 5.56 Å². The van der Waals surface area contributed by atoms with Gasteiger partial charge in [0.1, 0.15) is 15.5 Å². The van der Waals surface area contributed by atoms with Crippen LogP contribution in [0, 0.1) is 6.92 Å². The molecule has 2 aromatic heterocycles. The summed E-state index contributed by atoms with van der Waals surface area (Å²) >= 11 is 1.17. The van der Waals surface area contributed by atoms with Crippen LogP contribution in [0.25, 0.3) is 10.2 Å². The van der Waals surface area contributed by atoms with Crippen LogP contribution in [0.3, 0.4) is 0 Å². The molecule has 0 bridgehead atoms. The predicted molar refractivity (Wildman–Crippen MR) is 113 cm³/mol. The number of aromatic amines is 1. The van der Waals surface area contributed by atoms with Gasteiger partial charge in [-0.15, -0.1) is 11.3 Å². The Balaban J connectivity index is 1.91. The highest BCUT2D eigenvalue weighted by molar-refractivity contribution is 7.20. The molecule has 0 aliphatic carbocycles. The van der Waals surface area contributed by atoms with Crippen LogP contribution in [-0.2, 0) is 17.8 Å². The Kier molecular flexibility index (Phi) is 6.79. The highest BCUT2D eigenvalue weighted by Gasteiger charge is 2.21. The van der Waals surface area contributed by atoms with Gasteiger partial charge in [0, 0.05) is 13.1 Å². The lowest BCUT2D eigenvalue weighted by Gasteiger charge is -2.23. The Morgan fingerprint density at radius 3 is 2.69 bits per heavy atom. The standard InChI is InChI=1S/C21H25N3O4S/c1-4-28-21(27)18-14(3)17-19(26)22-16(23-20(17)29-18)12-24(10-13(2)25)11-15-8-6-5-7-9-15/h5-9,13,25H,4,10-12H2,1-3H3,(H,22,23,26)/t13-/m0/s1. The van der Waals surface area contributed by atoms with Crippen LogP contribution in [0.1, 0.15) is 40.5 Å². The number of nitrogens with zero attached hydrogens (tertiary/aromatic N) is 2. The number of H-pyrrole nitrogens is 1. The van der Waals surface area contributed by atoms with Gasteiger partial charge in [-0.3, -0.25) is 9.69 Å². The van der Waals surface area contributed by atoms with Gasteiger partial charge < -0.3 is 14.8 Å². The molecule has 154 valence electrons. The van der Waals surface area contributed by atoms with Crippen molar-refractivity contribution < 1.29 is 14.6 Å². The van der Waals surface area contributed by atoms with Gasteiger partial charge in [-0.25, -0.2) is 9.78 Å². The molecular weight excluding hydrogens is 390 g/mol. The molecule has 2 N–H and O–H groups in total. The first-order chi connectivity index (χ1) is 13.9. The lowest BCUT2D eigenvalue weighted by atomic mass is 10.2. The summed E-state index contributed by atoms with van der Waals surface area (Å²) in [6.45, 7) is 6.90. The maximum atomic E-state index is 12.7. The Bertz CT molecular complexity index is 1040. The first-order valence-electron chi connectivity index (χ1n) is 9.52. The number of thiophene rings is 1. The number of esters is 1. The van der Waals surface area contributed by atoms with Crippen LogP contribution < -0.4 is 5.56 Å². The summed E-state index contributed by atoms with van der Waals surface area (Å²) < 4.78 is 5.08. The summed E-state index contributed by atoms with van der Waals surface area (Å²) in [6, 6.07) is 9.92. The van der Waals surface area contributed by atoms with Crippen LogP contribution in [0.5, 0.6) is 0 Å². The highest BCUT2D eigenvalue weighted by Crippen LogP contribution is 2.27. The summed E-state index contributed by atoms with van der Waals surface area (Å²) in [5.41, 5.74) is 1.42. The summed E-state index contributed by atoms with van der Waals surface area (Å²) in [7, 11) is 0. The molecule has 1 atom stereocenters. The van der Waals surface area contributed by atoms with E-state index < -0.39 is 12.1 Å². The summed E-state index contributed by atoms with van der Waals surface area (Å²) in [4.78, 5) is 35.2. The van der Waals surface area contributed by atoms with Crippen molar-refractivity contribution in [1.29, 1.82) is 0 Å². The van der Waals surface area contributed by atoms with E-state index in [-0.39, 0.29) is 12.2 Å². The SMILES string of the molecule is CCOC(=O)c1sc2nc(CN(Cc3ccccc3)C[C@H](C)O)[nH]c(=O)c2c1C. The molecule has 29 heavy (non-hydrogen) atoms. The molecule has 0 saturated heterocycles. The van der Waals surface area contributed by atoms with Crippen molar-refractivity contribution in [2.75, 3.05) is 13.2 Å². The monoisotopic (exact) mass is 415 g/mol. The Labute approximate surface area is 173 Å². The molecule has 0 fully saturated rings. The topological polar surface area (TPSA) is 95.5 Å². The number of nitrogens with one attached hydrogen (secondary N) is 1. The molecule has 3 aromatic rings. The number of hydrogen-bond donors (Lipinski definition) is 2. The summed E-state index contributed by atoms with van der Waals surface area (Å²) in [6.07, 6.45) is -0.520. The van der Waals surface area contributed by atoms with Gasteiger partial charge in [-0.05, 0) is 31.9 Å². The largest absolute Gasteiger partial charge is 0.462 e. The van der Waals surface area contributed by atoms with Crippen molar-refractivity contribution in [2.45, 2.75) is 40.0 Å². The maximum Gasteiger partial charge on any atom is 0.348 e. The highest BCUT2D eigenvalue weighted by atomic mass is 32.1. The molecule has 1 aromatic carbocycles. The van der Waals surface area contributed by atoms with Crippen molar-refractivity contribution >= 4 is 27.5 Å². The molecule has 0 aliphatic rings. The van der Waals surface area contributed by atoms with Crippen LogP contribution in [0.15, 0.2) is 35.1 Å². The third-order valence-electron chi connectivity index (χ3n) is 4.46. The summed E-state index contributed by atoms with van der Waals surface area (Å²) in [5.74, 6) is 0.0597. The third kappa shape index (κ3) is 5.09. The minimum atomic E-state index is -0.520. The van der Waals surface area contributed by atoms with Crippen molar-refractivity contribution in [3.8, 4) is 0 Å². The van der Waals surface area contributed by atoms with E-state index in [1.807, 2.05) is 35.2 Å². The first kappa shape index (κ1) is 21.2. The van der Waals surface area contributed by atoms with Gasteiger partial charge in [-0.2, -0.15) is 0 Å². The van der Waals surface area contributed by atoms with Gasteiger partial charge >= 0.3 is 5.97 Å². The van der Waals surface area contributed by atoms with Crippen LogP contribution in [-0.4, -0.2) is 45.2 Å². The van der Waals surface area contributed by atoms with Gasteiger partial charge in [0.2, 0.25) is 0 Å². The molecule has 7 nitrogen and oxygen atoms in total. The van der Waals surface area contributed by atoms with Gasteiger partial charge in [0.15, 0.2) is 0 Å². The van der Waals surface area contributed by atoms with Gasteiger partial charge in [-0.1, -0.05) is 30.3 Å². The number of benzene rings is 1. The molecule has 0 spiro atoms. The van der Waals surface area contributed by atoms with E-state index in [1.54, 1.807) is 20.8 Å². The number of ether oxygens (including phenoxy) is 1. The quantitative estimate of drug-likeness (QED) is 0.549. The number of aromatic nitrogens is 2. The molecular formula is C21H25N3O4S. The molecule has 0 aliphatic heterocycles. The number of rotatable bonds is 8. The lowest BCUT2D eigenvalue weighted by Crippen LogP contribution is -2.31. The second-order valence-electron chi connectivity index (χ2n) is 6.97.